The molecule has 2 aromatic carbocycles. The second kappa shape index (κ2) is 8.77. The molecule has 0 aliphatic heterocycles. The van der Waals surface area contributed by atoms with Crippen molar-refractivity contribution in [3.63, 3.8) is 0 Å². The van der Waals surface area contributed by atoms with E-state index in [2.05, 4.69) is 5.32 Å². The molecule has 144 valence electrons. The van der Waals surface area contributed by atoms with Gasteiger partial charge in [0.15, 0.2) is 4.91 Å². The van der Waals surface area contributed by atoms with E-state index >= 15 is 0 Å². The van der Waals surface area contributed by atoms with Crippen LogP contribution >= 0.6 is 0 Å². The first-order valence-corrected chi connectivity index (χ1v) is 9.70. The first-order valence-electron chi connectivity index (χ1n) is 8.22. The predicted molar refractivity (Wildman–Crippen MR) is 97.7 cm³/mol. The lowest BCUT2D eigenvalue weighted by molar-refractivity contribution is -0.137. The number of benzene rings is 2. The normalized spacial score (nSPS) is 11.9. The smallest absolute Gasteiger partial charge is 0.351 e. The van der Waals surface area contributed by atoms with Crippen LogP contribution in [-0.2, 0) is 25.8 Å². The third kappa shape index (κ3) is 4.91. The highest BCUT2D eigenvalue weighted by atomic mass is 32.2. The molecule has 0 atom stereocenters. The molecule has 0 amide bonds. The second-order valence-corrected chi connectivity index (χ2v) is 7.39. The molecule has 5 nitrogen and oxygen atoms in total. The topological polar surface area (TPSA) is 72.5 Å². The highest BCUT2D eigenvalue weighted by molar-refractivity contribution is 7.96. The van der Waals surface area contributed by atoms with Gasteiger partial charge in [0.2, 0.25) is 9.84 Å². The van der Waals surface area contributed by atoms with Crippen LogP contribution in [0.15, 0.2) is 58.5 Å². The van der Waals surface area contributed by atoms with Crippen molar-refractivity contribution in [1.29, 1.82) is 0 Å². The summed E-state index contributed by atoms with van der Waals surface area (Å²) in [6.07, 6.45) is 1.78. The Morgan fingerprint density at radius 2 is 1.78 bits per heavy atom. The van der Waals surface area contributed by atoms with Gasteiger partial charge in [-0.25, -0.2) is 22.0 Å². The fraction of sp³-hybridized carbons (Fsp3) is 0.211. The molecule has 0 aliphatic carbocycles. The summed E-state index contributed by atoms with van der Waals surface area (Å²) in [6.45, 7) is 3.44. The predicted octanol–water partition coefficient (Wildman–Crippen LogP) is 3.82. The number of nitrogens with one attached hydrogen (secondary N) is 1. The molecule has 2 rings (SSSR count). The van der Waals surface area contributed by atoms with Crippen LogP contribution in [0.1, 0.15) is 19.4 Å². The van der Waals surface area contributed by atoms with Gasteiger partial charge in [0.25, 0.3) is 0 Å². The van der Waals surface area contributed by atoms with E-state index in [1.54, 1.807) is 12.1 Å². The van der Waals surface area contributed by atoms with Crippen molar-refractivity contribution in [3.05, 3.63) is 70.8 Å². The number of ether oxygens (including phenoxy) is 1. The van der Waals surface area contributed by atoms with Crippen LogP contribution in [0.4, 0.5) is 14.5 Å². The Morgan fingerprint density at radius 3 is 2.33 bits per heavy atom. The van der Waals surface area contributed by atoms with E-state index in [1.807, 2.05) is 19.1 Å². The number of rotatable bonds is 7. The Kier molecular flexibility index (Phi) is 6.68. The maximum absolute atomic E-state index is 14.0. The highest BCUT2D eigenvalue weighted by Crippen LogP contribution is 2.24. The Bertz CT molecular complexity index is 954. The van der Waals surface area contributed by atoms with Gasteiger partial charge < -0.3 is 10.1 Å². The minimum Gasteiger partial charge on any atom is -0.462 e. The zero-order valence-corrected chi connectivity index (χ0v) is 15.6. The quantitative estimate of drug-likeness (QED) is 0.438. The van der Waals surface area contributed by atoms with E-state index in [-0.39, 0.29) is 6.61 Å². The summed E-state index contributed by atoms with van der Waals surface area (Å²) in [7, 11) is -4.57. The number of hydrogen-bond donors (Lipinski definition) is 1. The van der Waals surface area contributed by atoms with Gasteiger partial charge in [-0.3, -0.25) is 0 Å². The maximum atomic E-state index is 14.0. The van der Waals surface area contributed by atoms with Crippen LogP contribution in [0.5, 0.6) is 0 Å². The van der Waals surface area contributed by atoms with Crippen LogP contribution in [0, 0.1) is 11.6 Å². The fourth-order valence-corrected chi connectivity index (χ4v) is 3.54. The molecular formula is C19H19F2NO4S. The van der Waals surface area contributed by atoms with E-state index in [0.29, 0.717) is 11.8 Å². The summed E-state index contributed by atoms with van der Waals surface area (Å²) >= 11 is 0. The first kappa shape index (κ1) is 20.6. The van der Waals surface area contributed by atoms with Gasteiger partial charge in [-0.1, -0.05) is 19.1 Å². The zero-order valence-electron chi connectivity index (χ0n) is 14.8. The molecule has 8 heteroatoms. The molecule has 0 saturated heterocycles. The van der Waals surface area contributed by atoms with Crippen molar-refractivity contribution in [2.24, 2.45) is 0 Å². The lowest BCUT2D eigenvalue weighted by Gasteiger charge is -2.11. The van der Waals surface area contributed by atoms with E-state index in [0.717, 1.165) is 30.3 Å². The Balaban J connectivity index is 2.44. The first-order chi connectivity index (χ1) is 12.8. The summed E-state index contributed by atoms with van der Waals surface area (Å²) in [5, 5.41) is 2.70. The van der Waals surface area contributed by atoms with Crippen LogP contribution < -0.4 is 5.32 Å². The maximum Gasteiger partial charge on any atom is 0.351 e. The van der Waals surface area contributed by atoms with Crippen molar-refractivity contribution in [2.45, 2.75) is 25.2 Å². The molecule has 0 unspecified atom stereocenters. The zero-order chi connectivity index (χ0) is 20.0. The van der Waals surface area contributed by atoms with Crippen LogP contribution in [0.3, 0.4) is 0 Å². The van der Waals surface area contributed by atoms with Crippen molar-refractivity contribution < 1.29 is 26.7 Å². The van der Waals surface area contributed by atoms with Gasteiger partial charge in [-0.2, -0.15) is 0 Å². The van der Waals surface area contributed by atoms with Gasteiger partial charge in [0.1, 0.15) is 16.5 Å². The van der Waals surface area contributed by atoms with Crippen molar-refractivity contribution in [2.75, 3.05) is 11.9 Å². The largest absolute Gasteiger partial charge is 0.462 e. The van der Waals surface area contributed by atoms with Gasteiger partial charge >= 0.3 is 5.97 Å². The second-order valence-electron chi connectivity index (χ2n) is 5.50. The third-order valence-corrected chi connectivity index (χ3v) is 5.46. The van der Waals surface area contributed by atoms with Gasteiger partial charge in [-0.05, 0) is 43.2 Å². The molecule has 0 heterocycles. The molecule has 0 radical (unpaired) electrons. The molecular weight excluding hydrogens is 376 g/mol. The SMILES string of the molecule is CCOC(=O)/C(=C\Nc1ccc(CC)cc1)S(=O)(=O)c1ccc(F)cc1F. The van der Waals surface area contributed by atoms with Crippen LogP contribution in [0.25, 0.3) is 0 Å². The molecule has 0 aromatic heterocycles. The third-order valence-electron chi connectivity index (χ3n) is 3.68. The monoisotopic (exact) mass is 395 g/mol. The number of carbonyl (C=O) groups is 1. The molecule has 0 saturated carbocycles. The molecule has 0 fully saturated rings. The molecule has 0 bridgehead atoms. The lowest BCUT2D eigenvalue weighted by Crippen LogP contribution is -2.19. The van der Waals surface area contributed by atoms with E-state index < -0.39 is 37.2 Å². The van der Waals surface area contributed by atoms with Crippen molar-refractivity contribution in [1.82, 2.24) is 0 Å². The summed E-state index contributed by atoms with van der Waals surface area (Å²) in [6, 6.07) is 9.11. The number of halogens is 2. The molecule has 27 heavy (non-hydrogen) atoms. The number of esters is 1. The van der Waals surface area contributed by atoms with Gasteiger partial charge in [0, 0.05) is 18.0 Å². The van der Waals surface area contributed by atoms with E-state index in [1.165, 1.54) is 6.92 Å². The van der Waals surface area contributed by atoms with Gasteiger partial charge in [0.05, 0.1) is 6.61 Å². The number of aryl methyl sites for hydroxylation is 1. The number of carbonyl (C=O) groups excluding carboxylic acids is 1. The van der Waals surface area contributed by atoms with Crippen molar-refractivity contribution in [3.8, 4) is 0 Å². The molecule has 0 aliphatic rings. The Hall–Kier alpha value is -2.74. The van der Waals surface area contributed by atoms with E-state index in [9.17, 15) is 22.0 Å². The minimum absolute atomic E-state index is 0.0667. The number of sulfone groups is 1. The van der Waals surface area contributed by atoms with Gasteiger partial charge in [-0.15, -0.1) is 0 Å². The summed E-state index contributed by atoms with van der Waals surface area (Å²) in [5.41, 5.74) is 1.61. The average molecular weight is 395 g/mol. The number of anilines is 1. The Morgan fingerprint density at radius 1 is 1.11 bits per heavy atom. The highest BCUT2D eigenvalue weighted by Gasteiger charge is 2.31. The molecule has 1 N–H and O–H groups in total. The average Bonchev–Trinajstić information content (AvgIpc) is 2.62. The van der Waals surface area contributed by atoms with Crippen LogP contribution in [0.2, 0.25) is 0 Å². The summed E-state index contributed by atoms with van der Waals surface area (Å²) in [4.78, 5) is 10.6. The summed E-state index contributed by atoms with van der Waals surface area (Å²) < 4.78 is 57.3. The fourth-order valence-electron chi connectivity index (χ4n) is 2.25. The number of hydrogen-bond acceptors (Lipinski definition) is 5. The molecule has 0 spiro atoms. The van der Waals surface area contributed by atoms with Crippen molar-refractivity contribution >= 4 is 21.5 Å². The standard InChI is InChI=1S/C19H19F2NO4S/c1-3-13-5-8-15(9-6-13)22-12-18(19(23)26-4-2)27(24,25)17-10-7-14(20)11-16(17)21/h5-12,22H,3-4H2,1-2H3/b18-12+. The van der Waals surface area contributed by atoms with Crippen LogP contribution in [-0.4, -0.2) is 21.0 Å². The van der Waals surface area contributed by atoms with E-state index in [4.69, 9.17) is 4.74 Å². The lowest BCUT2D eigenvalue weighted by atomic mass is 10.1. The summed E-state index contributed by atoms with van der Waals surface area (Å²) in [5.74, 6) is -3.36. The molecule has 2 aromatic rings. The Labute approximate surface area is 156 Å². The minimum atomic E-state index is -4.57.